The summed E-state index contributed by atoms with van der Waals surface area (Å²) in [5.74, 6) is -1.63. The molecule has 2 aromatic rings. The molecule has 0 aliphatic heterocycles. The van der Waals surface area contributed by atoms with Crippen molar-refractivity contribution in [2.24, 2.45) is 0 Å². The fourth-order valence-electron chi connectivity index (χ4n) is 2.52. The molecule has 25 heavy (non-hydrogen) atoms. The third-order valence-electron chi connectivity index (χ3n) is 3.64. The van der Waals surface area contributed by atoms with Gasteiger partial charge in [-0.05, 0) is 25.0 Å². The van der Waals surface area contributed by atoms with Crippen LogP contribution in [0.25, 0.3) is 0 Å². The second-order valence-corrected chi connectivity index (χ2v) is 6.50. The summed E-state index contributed by atoms with van der Waals surface area (Å²) in [7, 11) is 0. The Morgan fingerprint density at radius 1 is 0.960 bits per heavy atom. The number of hydrogen-bond donors (Lipinski definition) is 1. The molecule has 1 N–H and O–H groups in total. The molecule has 2 rings (SSSR count). The molecule has 6 heteroatoms. The first kappa shape index (κ1) is 18.7. The maximum absolute atomic E-state index is 12.6. The van der Waals surface area contributed by atoms with Crippen LogP contribution >= 0.6 is 11.8 Å². The smallest absolute Gasteiger partial charge is 0.323 e. The minimum atomic E-state index is -1.10. The number of carbonyl (C=O) groups excluding carboxylic acids is 2. The molecular formula is C19H19NO4S. The van der Waals surface area contributed by atoms with E-state index in [0.29, 0.717) is 11.3 Å². The number of carboxylic acids is 1. The molecule has 2 aromatic carbocycles. The van der Waals surface area contributed by atoms with Crippen molar-refractivity contribution in [3.8, 4) is 0 Å². The Kier molecular flexibility index (Phi) is 6.36. The van der Waals surface area contributed by atoms with Gasteiger partial charge in [0.15, 0.2) is 0 Å². The second kappa shape index (κ2) is 8.48. The van der Waals surface area contributed by atoms with Crippen molar-refractivity contribution in [3.63, 3.8) is 0 Å². The molecule has 0 bridgehead atoms. The van der Waals surface area contributed by atoms with E-state index < -0.39 is 18.4 Å². The molecule has 5 nitrogen and oxygen atoms in total. The van der Waals surface area contributed by atoms with Crippen molar-refractivity contribution < 1.29 is 19.5 Å². The van der Waals surface area contributed by atoms with Crippen LogP contribution in [-0.2, 0) is 9.59 Å². The maximum Gasteiger partial charge on any atom is 0.323 e. The van der Waals surface area contributed by atoms with Gasteiger partial charge in [-0.25, -0.2) is 0 Å². The third-order valence-corrected chi connectivity index (χ3v) is 4.53. The molecule has 0 spiro atoms. The minimum Gasteiger partial charge on any atom is -0.480 e. The summed E-state index contributed by atoms with van der Waals surface area (Å²) in [6, 6.07) is 14.2. The summed E-state index contributed by atoms with van der Waals surface area (Å²) in [5, 5.41) is 8.95. The number of thioether (sulfide) groups is 1. The molecule has 0 saturated heterocycles. The van der Waals surface area contributed by atoms with E-state index in [1.807, 2.05) is 38.1 Å². The number of anilines is 1. The third kappa shape index (κ3) is 4.93. The number of amides is 1. The van der Waals surface area contributed by atoms with Gasteiger partial charge in [-0.15, -0.1) is 0 Å². The number of para-hydroxylation sites is 1. The Morgan fingerprint density at radius 3 is 2.12 bits per heavy atom. The zero-order valence-electron chi connectivity index (χ0n) is 14.1. The minimum absolute atomic E-state index is 0.116. The van der Waals surface area contributed by atoms with Crippen LogP contribution in [0.3, 0.4) is 0 Å². The second-order valence-electron chi connectivity index (χ2n) is 5.56. The van der Waals surface area contributed by atoms with Crippen molar-refractivity contribution in [1.82, 2.24) is 0 Å². The Morgan fingerprint density at radius 2 is 1.56 bits per heavy atom. The first-order chi connectivity index (χ1) is 11.9. The molecule has 130 valence electrons. The quantitative estimate of drug-likeness (QED) is 0.859. The number of hydrogen-bond acceptors (Lipinski definition) is 4. The monoisotopic (exact) mass is 357 g/mol. The molecule has 1 amide bonds. The van der Waals surface area contributed by atoms with Crippen LogP contribution in [-0.4, -0.2) is 34.4 Å². The van der Waals surface area contributed by atoms with Crippen molar-refractivity contribution >= 4 is 34.4 Å². The lowest BCUT2D eigenvalue weighted by Crippen LogP contribution is -2.38. The molecule has 0 aliphatic rings. The maximum atomic E-state index is 12.6. The molecule has 0 aliphatic carbocycles. The number of nitrogens with zero attached hydrogens (tertiary/aromatic N) is 1. The number of carbonyl (C=O) groups is 3. The summed E-state index contributed by atoms with van der Waals surface area (Å²) in [4.78, 5) is 37.2. The number of rotatable bonds is 6. The zero-order chi connectivity index (χ0) is 18.4. The van der Waals surface area contributed by atoms with Gasteiger partial charge in [-0.3, -0.25) is 19.3 Å². The van der Waals surface area contributed by atoms with E-state index in [-0.39, 0.29) is 10.9 Å². The first-order valence-corrected chi connectivity index (χ1v) is 8.69. The van der Waals surface area contributed by atoms with Crippen molar-refractivity contribution in [2.75, 3.05) is 17.2 Å². The Bertz CT molecular complexity index is 769. The number of aryl methyl sites for hydroxylation is 2. The number of carboxylic acid groups (broad SMARTS) is 1. The van der Waals surface area contributed by atoms with Gasteiger partial charge in [0.1, 0.15) is 6.54 Å². The van der Waals surface area contributed by atoms with Crippen molar-refractivity contribution in [1.29, 1.82) is 0 Å². The average molecular weight is 357 g/mol. The lowest BCUT2D eigenvalue weighted by molar-refractivity contribution is -0.136. The van der Waals surface area contributed by atoms with Gasteiger partial charge in [-0.1, -0.05) is 60.3 Å². The van der Waals surface area contributed by atoms with Gasteiger partial charge in [0.25, 0.3) is 0 Å². The molecule has 0 aromatic heterocycles. The van der Waals surface area contributed by atoms with Gasteiger partial charge in [0, 0.05) is 5.56 Å². The molecule has 0 unspecified atom stereocenters. The van der Waals surface area contributed by atoms with Gasteiger partial charge in [0.2, 0.25) is 11.0 Å². The molecule has 0 radical (unpaired) electrons. The zero-order valence-corrected chi connectivity index (χ0v) is 14.9. The summed E-state index contributed by atoms with van der Waals surface area (Å²) < 4.78 is 0. The molecule has 0 heterocycles. The van der Waals surface area contributed by atoms with Crippen LogP contribution in [0.15, 0.2) is 48.5 Å². The van der Waals surface area contributed by atoms with Crippen LogP contribution in [0, 0.1) is 13.8 Å². The highest BCUT2D eigenvalue weighted by molar-refractivity contribution is 8.14. The molecular weight excluding hydrogens is 338 g/mol. The van der Waals surface area contributed by atoms with Crippen LogP contribution in [0.5, 0.6) is 0 Å². The standard InChI is InChI=1S/C19H19NO4S/c1-13-7-6-8-14(2)18(13)20(11-17(22)23)16(21)12-25-19(24)15-9-4-3-5-10-15/h3-10H,11-12H2,1-2H3,(H,22,23). The lowest BCUT2D eigenvalue weighted by Gasteiger charge is -2.24. The van der Waals surface area contributed by atoms with Gasteiger partial charge in [0.05, 0.1) is 11.4 Å². The fraction of sp³-hybridized carbons (Fsp3) is 0.211. The lowest BCUT2D eigenvalue weighted by atomic mass is 10.1. The van der Waals surface area contributed by atoms with E-state index in [9.17, 15) is 14.4 Å². The van der Waals surface area contributed by atoms with E-state index in [0.717, 1.165) is 22.9 Å². The predicted octanol–water partition coefficient (Wildman–Crippen LogP) is 3.29. The Hall–Kier alpha value is -2.60. The van der Waals surface area contributed by atoms with E-state index >= 15 is 0 Å². The highest BCUT2D eigenvalue weighted by Gasteiger charge is 2.23. The van der Waals surface area contributed by atoms with E-state index in [1.54, 1.807) is 24.3 Å². The molecule has 0 saturated carbocycles. The van der Waals surface area contributed by atoms with Crippen LogP contribution in [0.4, 0.5) is 5.69 Å². The van der Waals surface area contributed by atoms with Crippen LogP contribution < -0.4 is 4.90 Å². The number of benzene rings is 2. The molecule has 0 atom stereocenters. The van der Waals surface area contributed by atoms with E-state index in [2.05, 4.69) is 0 Å². The highest BCUT2D eigenvalue weighted by Crippen LogP contribution is 2.25. The topological polar surface area (TPSA) is 74.7 Å². The van der Waals surface area contributed by atoms with Crippen LogP contribution in [0.1, 0.15) is 21.5 Å². The fourth-order valence-corrected chi connectivity index (χ4v) is 3.23. The van der Waals surface area contributed by atoms with Gasteiger partial charge < -0.3 is 5.11 Å². The van der Waals surface area contributed by atoms with Crippen molar-refractivity contribution in [2.45, 2.75) is 13.8 Å². The largest absolute Gasteiger partial charge is 0.480 e. The van der Waals surface area contributed by atoms with Crippen molar-refractivity contribution in [3.05, 3.63) is 65.2 Å². The van der Waals surface area contributed by atoms with Crippen LogP contribution in [0.2, 0.25) is 0 Å². The van der Waals surface area contributed by atoms with E-state index in [1.165, 1.54) is 4.90 Å². The summed E-state index contributed by atoms with van der Waals surface area (Å²) >= 11 is 0.876. The normalized spacial score (nSPS) is 10.3. The SMILES string of the molecule is Cc1cccc(C)c1N(CC(=O)O)C(=O)CSC(=O)c1ccccc1. The summed E-state index contributed by atoms with van der Waals surface area (Å²) in [6.45, 7) is 3.21. The Balaban J connectivity index is 2.17. The van der Waals surface area contributed by atoms with E-state index in [4.69, 9.17) is 5.11 Å². The van der Waals surface area contributed by atoms with Gasteiger partial charge in [-0.2, -0.15) is 0 Å². The summed E-state index contributed by atoms with van der Waals surface area (Å²) in [6.07, 6.45) is 0. The first-order valence-electron chi connectivity index (χ1n) is 7.70. The Labute approximate surface area is 150 Å². The average Bonchev–Trinajstić information content (AvgIpc) is 2.58. The molecule has 0 fully saturated rings. The van der Waals surface area contributed by atoms with Gasteiger partial charge >= 0.3 is 5.97 Å². The summed E-state index contributed by atoms with van der Waals surface area (Å²) in [5.41, 5.74) is 2.72. The number of aliphatic carboxylic acids is 1. The highest BCUT2D eigenvalue weighted by atomic mass is 32.2. The predicted molar refractivity (Wildman–Crippen MR) is 99.1 cm³/mol.